The third kappa shape index (κ3) is 6.42. The maximum atomic E-state index is 12.2. The number of alkyl halides is 3. The molecule has 3 nitrogen and oxygen atoms in total. The van der Waals surface area contributed by atoms with Crippen LogP contribution in [0.3, 0.4) is 0 Å². The summed E-state index contributed by atoms with van der Waals surface area (Å²) in [6.45, 7) is 9.73. The van der Waals surface area contributed by atoms with Gasteiger partial charge in [-0.05, 0) is 44.8 Å². The van der Waals surface area contributed by atoms with E-state index in [0.717, 1.165) is 36.5 Å². The van der Waals surface area contributed by atoms with Crippen LogP contribution < -0.4 is 5.32 Å². The van der Waals surface area contributed by atoms with Crippen LogP contribution in [0, 0.1) is 19.8 Å². The largest absolute Gasteiger partial charge is 0.389 e. The van der Waals surface area contributed by atoms with E-state index in [0.29, 0.717) is 5.92 Å². The SMILES string of the molecule is CCNCC(C)Cc1c(C)nc(CCC(F)(F)F)nc1C. The lowest BCUT2D eigenvalue weighted by molar-refractivity contribution is -0.134. The first-order chi connectivity index (χ1) is 9.73. The van der Waals surface area contributed by atoms with E-state index >= 15 is 0 Å². The molecule has 0 bridgehead atoms. The molecular formula is C15H24F3N3. The van der Waals surface area contributed by atoms with Gasteiger partial charge in [0, 0.05) is 17.8 Å². The molecule has 21 heavy (non-hydrogen) atoms. The van der Waals surface area contributed by atoms with Gasteiger partial charge in [-0.2, -0.15) is 13.2 Å². The summed E-state index contributed by atoms with van der Waals surface area (Å²) in [7, 11) is 0. The Balaban J connectivity index is 2.75. The predicted octanol–water partition coefficient (Wildman–Crippen LogP) is 3.38. The van der Waals surface area contributed by atoms with Crippen molar-refractivity contribution in [3.8, 4) is 0 Å². The van der Waals surface area contributed by atoms with E-state index in [1.807, 2.05) is 13.8 Å². The van der Waals surface area contributed by atoms with Gasteiger partial charge in [-0.15, -0.1) is 0 Å². The fourth-order valence-electron chi connectivity index (χ4n) is 2.28. The van der Waals surface area contributed by atoms with Gasteiger partial charge in [0.25, 0.3) is 0 Å². The standard InChI is InChI=1S/C15H24F3N3/c1-5-19-9-10(2)8-13-11(3)20-14(21-12(13)4)6-7-15(16,17)18/h10,19H,5-9H2,1-4H3. The molecule has 0 aliphatic carbocycles. The van der Waals surface area contributed by atoms with Crippen LogP contribution in [0.4, 0.5) is 13.2 Å². The second-order valence-corrected chi connectivity index (χ2v) is 5.52. The Kier molecular flexibility index (Phi) is 6.58. The maximum absolute atomic E-state index is 12.2. The smallest absolute Gasteiger partial charge is 0.317 e. The van der Waals surface area contributed by atoms with Gasteiger partial charge < -0.3 is 5.32 Å². The molecule has 1 heterocycles. The molecule has 0 aromatic carbocycles. The van der Waals surface area contributed by atoms with E-state index in [1.54, 1.807) is 0 Å². The normalized spacial score (nSPS) is 13.5. The second kappa shape index (κ2) is 7.73. The first kappa shape index (κ1) is 17.9. The summed E-state index contributed by atoms with van der Waals surface area (Å²) in [5.74, 6) is 0.720. The molecule has 1 aromatic rings. The topological polar surface area (TPSA) is 37.8 Å². The lowest BCUT2D eigenvalue weighted by Crippen LogP contribution is -2.23. The summed E-state index contributed by atoms with van der Waals surface area (Å²) >= 11 is 0. The zero-order valence-corrected chi connectivity index (χ0v) is 13.1. The van der Waals surface area contributed by atoms with Gasteiger partial charge in [-0.1, -0.05) is 13.8 Å². The molecule has 1 aromatic heterocycles. The molecule has 0 radical (unpaired) electrons. The summed E-state index contributed by atoms with van der Waals surface area (Å²) in [6, 6.07) is 0. The highest BCUT2D eigenvalue weighted by molar-refractivity contribution is 5.25. The molecule has 0 saturated carbocycles. The molecule has 1 unspecified atom stereocenters. The number of hydrogen-bond acceptors (Lipinski definition) is 3. The lowest BCUT2D eigenvalue weighted by atomic mass is 9.98. The van der Waals surface area contributed by atoms with Crippen LogP contribution in [0.2, 0.25) is 0 Å². The highest BCUT2D eigenvalue weighted by atomic mass is 19.4. The fourth-order valence-corrected chi connectivity index (χ4v) is 2.28. The summed E-state index contributed by atoms with van der Waals surface area (Å²) in [4.78, 5) is 8.48. The van der Waals surface area contributed by atoms with Crippen LogP contribution in [0.5, 0.6) is 0 Å². The Bertz CT molecular complexity index is 435. The van der Waals surface area contributed by atoms with Gasteiger partial charge in [0.2, 0.25) is 0 Å². The van der Waals surface area contributed by atoms with E-state index < -0.39 is 12.6 Å². The number of aryl methyl sites for hydroxylation is 3. The van der Waals surface area contributed by atoms with Gasteiger partial charge in [-0.25, -0.2) is 9.97 Å². The van der Waals surface area contributed by atoms with Gasteiger partial charge >= 0.3 is 6.18 Å². The Morgan fingerprint density at radius 2 is 1.71 bits per heavy atom. The van der Waals surface area contributed by atoms with Crippen molar-refractivity contribution in [1.29, 1.82) is 0 Å². The van der Waals surface area contributed by atoms with Crippen LogP contribution >= 0.6 is 0 Å². The molecule has 6 heteroatoms. The molecule has 0 spiro atoms. The van der Waals surface area contributed by atoms with E-state index in [9.17, 15) is 13.2 Å². The minimum Gasteiger partial charge on any atom is -0.317 e. The minimum absolute atomic E-state index is 0.154. The van der Waals surface area contributed by atoms with Gasteiger partial charge in [0.15, 0.2) is 0 Å². The summed E-state index contributed by atoms with van der Waals surface area (Å²) in [5.41, 5.74) is 2.64. The molecular weight excluding hydrogens is 279 g/mol. The molecule has 1 rings (SSSR count). The Morgan fingerprint density at radius 1 is 1.14 bits per heavy atom. The van der Waals surface area contributed by atoms with Crippen molar-refractivity contribution in [2.75, 3.05) is 13.1 Å². The van der Waals surface area contributed by atoms with Crippen LogP contribution in [0.1, 0.15) is 43.0 Å². The molecule has 1 atom stereocenters. The predicted molar refractivity (Wildman–Crippen MR) is 77.3 cm³/mol. The minimum atomic E-state index is -4.16. The first-order valence-corrected chi connectivity index (χ1v) is 7.33. The van der Waals surface area contributed by atoms with Crippen molar-refractivity contribution >= 4 is 0 Å². The number of nitrogens with one attached hydrogen (secondary N) is 1. The van der Waals surface area contributed by atoms with Crippen LogP contribution in [0.25, 0.3) is 0 Å². The second-order valence-electron chi connectivity index (χ2n) is 5.52. The van der Waals surface area contributed by atoms with Crippen LogP contribution in [-0.4, -0.2) is 29.2 Å². The van der Waals surface area contributed by atoms with Crippen molar-refractivity contribution in [3.05, 3.63) is 22.8 Å². The van der Waals surface area contributed by atoms with E-state index in [4.69, 9.17) is 0 Å². The van der Waals surface area contributed by atoms with E-state index in [2.05, 4.69) is 29.1 Å². The van der Waals surface area contributed by atoms with Gasteiger partial charge in [0.05, 0.1) is 6.42 Å². The highest BCUT2D eigenvalue weighted by Crippen LogP contribution is 2.22. The molecule has 1 N–H and O–H groups in total. The number of aromatic nitrogens is 2. The average Bonchev–Trinajstić information content (AvgIpc) is 2.37. The van der Waals surface area contributed by atoms with E-state index in [1.165, 1.54) is 0 Å². The van der Waals surface area contributed by atoms with Crippen molar-refractivity contribution in [1.82, 2.24) is 15.3 Å². The average molecular weight is 303 g/mol. The Morgan fingerprint density at radius 3 is 2.19 bits per heavy atom. The van der Waals surface area contributed by atoms with Crippen LogP contribution in [-0.2, 0) is 12.8 Å². The molecule has 0 saturated heterocycles. The van der Waals surface area contributed by atoms with Gasteiger partial charge in [-0.3, -0.25) is 0 Å². The summed E-state index contributed by atoms with van der Waals surface area (Å²) in [5, 5.41) is 3.29. The number of rotatable bonds is 7. The monoisotopic (exact) mass is 303 g/mol. The molecule has 120 valence electrons. The quantitative estimate of drug-likeness (QED) is 0.839. The maximum Gasteiger partial charge on any atom is 0.389 e. The molecule has 0 amide bonds. The fraction of sp³-hybridized carbons (Fsp3) is 0.733. The van der Waals surface area contributed by atoms with Crippen molar-refractivity contribution in [3.63, 3.8) is 0 Å². The zero-order chi connectivity index (χ0) is 16.0. The Hall–Kier alpha value is -1.17. The van der Waals surface area contributed by atoms with E-state index in [-0.39, 0.29) is 12.2 Å². The summed E-state index contributed by atoms with van der Waals surface area (Å²) < 4.78 is 36.7. The number of halogens is 3. The number of hydrogen-bond donors (Lipinski definition) is 1. The Labute approximate surface area is 124 Å². The zero-order valence-electron chi connectivity index (χ0n) is 13.1. The van der Waals surface area contributed by atoms with Crippen molar-refractivity contribution in [2.24, 2.45) is 5.92 Å². The molecule has 0 aliphatic rings. The summed E-state index contributed by atoms with van der Waals surface area (Å²) in [6.07, 6.45) is -4.35. The first-order valence-electron chi connectivity index (χ1n) is 7.33. The molecule has 0 fully saturated rings. The third-order valence-corrected chi connectivity index (χ3v) is 3.39. The van der Waals surface area contributed by atoms with Crippen molar-refractivity contribution < 1.29 is 13.2 Å². The van der Waals surface area contributed by atoms with Crippen LogP contribution in [0.15, 0.2) is 0 Å². The van der Waals surface area contributed by atoms with Gasteiger partial charge in [0.1, 0.15) is 5.82 Å². The molecule has 0 aliphatic heterocycles. The lowest BCUT2D eigenvalue weighted by Gasteiger charge is -2.16. The highest BCUT2D eigenvalue weighted by Gasteiger charge is 2.27. The van der Waals surface area contributed by atoms with Crippen molar-refractivity contribution in [2.45, 2.75) is 53.1 Å². The third-order valence-electron chi connectivity index (χ3n) is 3.39. The number of nitrogens with zero attached hydrogens (tertiary/aromatic N) is 2.